The number of hydrogen-bond acceptors (Lipinski definition) is 9. The van der Waals surface area contributed by atoms with Crippen molar-refractivity contribution in [3.63, 3.8) is 0 Å². The van der Waals surface area contributed by atoms with Gasteiger partial charge in [-0.2, -0.15) is 0 Å². The molecule has 0 saturated heterocycles. The van der Waals surface area contributed by atoms with E-state index in [-0.39, 0.29) is 38.3 Å². The summed E-state index contributed by atoms with van der Waals surface area (Å²) in [4.78, 5) is 47.4. The van der Waals surface area contributed by atoms with Gasteiger partial charge in [0, 0.05) is 44.4 Å². The summed E-state index contributed by atoms with van der Waals surface area (Å²) >= 11 is 0. The molecule has 216 valence electrons. The lowest BCUT2D eigenvalue weighted by atomic mass is 10.2. The topological polar surface area (TPSA) is 157 Å². The van der Waals surface area contributed by atoms with Gasteiger partial charge in [-0.25, -0.2) is 0 Å². The second kappa shape index (κ2) is 15.3. The molecule has 15 heteroatoms. The zero-order chi connectivity index (χ0) is 29.1. The van der Waals surface area contributed by atoms with Crippen LogP contribution in [-0.4, -0.2) is 82.0 Å². The van der Waals surface area contributed by atoms with E-state index in [1.165, 1.54) is 4.90 Å². The van der Waals surface area contributed by atoms with Gasteiger partial charge in [-0.15, -0.1) is 0 Å². The molecule has 0 heterocycles. The van der Waals surface area contributed by atoms with Crippen molar-refractivity contribution in [2.24, 2.45) is 0 Å². The largest absolute Gasteiger partial charge is 0.550 e. The lowest BCUT2D eigenvalue weighted by Gasteiger charge is -2.41. The van der Waals surface area contributed by atoms with Gasteiger partial charge in [-0.05, 0) is 84.2 Å². The van der Waals surface area contributed by atoms with Crippen LogP contribution in [0.1, 0.15) is 32.1 Å². The third-order valence-electron chi connectivity index (χ3n) is 4.75. The smallest absolute Gasteiger partial charge is 0.315 e. The Morgan fingerprint density at radius 3 is 1.70 bits per heavy atom. The van der Waals surface area contributed by atoms with Crippen LogP contribution < -0.4 is 15.5 Å². The molecule has 0 spiro atoms. The quantitative estimate of drug-likeness (QED) is 0.214. The highest BCUT2D eigenvalue weighted by atomic mass is 28.5. The maximum atomic E-state index is 12.7. The Bertz CT molecular complexity index is 785. The second-order valence-corrected chi connectivity index (χ2v) is 28.1. The molecule has 0 aromatic heterocycles. The molecule has 0 bridgehead atoms. The Labute approximate surface area is 226 Å². The van der Waals surface area contributed by atoms with Crippen LogP contribution in [0.15, 0.2) is 0 Å². The average molecular weight is 595 g/mol. The van der Waals surface area contributed by atoms with Gasteiger partial charge < -0.3 is 42.4 Å². The third kappa shape index (κ3) is 19.4. The molecule has 1 N–H and O–H groups in total. The minimum atomic E-state index is -2.68. The van der Waals surface area contributed by atoms with Crippen molar-refractivity contribution < 1.29 is 41.7 Å². The van der Waals surface area contributed by atoms with Gasteiger partial charge >= 0.3 is 17.1 Å². The van der Waals surface area contributed by atoms with E-state index in [1.54, 1.807) is 0 Å². The van der Waals surface area contributed by atoms with Crippen molar-refractivity contribution in [3.8, 4) is 0 Å². The summed E-state index contributed by atoms with van der Waals surface area (Å²) in [6.45, 7) is 19.4. The van der Waals surface area contributed by atoms with E-state index in [2.05, 4.69) is 44.6 Å². The highest BCUT2D eigenvalue weighted by Gasteiger charge is 2.44. The summed E-state index contributed by atoms with van der Waals surface area (Å²) in [5, 5.41) is 24.0. The van der Waals surface area contributed by atoms with E-state index in [9.17, 15) is 29.4 Å². The van der Waals surface area contributed by atoms with Crippen LogP contribution in [-0.2, 0) is 31.5 Å². The highest BCUT2D eigenvalue weighted by molar-refractivity contribution is 6.89. The van der Waals surface area contributed by atoms with Crippen molar-refractivity contribution in [2.45, 2.75) is 97.1 Å². The summed E-state index contributed by atoms with van der Waals surface area (Å²) in [5.74, 6) is -3.45. The van der Waals surface area contributed by atoms with Crippen molar-refractivity contribution in [2.75, 3.05) is 19.6 Å². The zero-order valence-electron chi connectivity index (χ0n) is 24.0. The van der Waals surface area contributed by atoms with Crippen LogP contribution in [0.3, 0.4) is 0 Å². The molecular weight excluding hydrogens is 549 g/mol. The monoisotopic (exact) mass is 594 g/mol. The van der Waals surface area contributed by atoms with Gasteiger partial charge in [0.25, 0.3) is 0 Å². The fraction of sp³-hybridized carbons (Fsp3) is 0.818. The fourth-order valence-corrected chi connectivity index (χ4v) is 21.9. The Morgan fingerprint density at radius 2 is 1.22 bits per heavy atom. The Kier molecular flexibility index (Phi) is 14.7. The van der Waals surface area contributed by atoms with Crippen LogP contribution in [0.25, 0.3) is 0 Å². The summed E-state index contributed by atoms with van der Waals surface area (Å²) < 4.78 is 19.6. The molecule has 2 amide bonds. The number of amides is 2. The third-order valence-corrected chi connectivity index (χ3v) is 18.3. The first-order chi connectivity index (χ1) is 16.6. The van der Waals surface area contributed by atoms with E-state index >= 15 is 0 Å². The molecule has 0 saturated carbocycles. The SMILES string of the molecule is C[Si](C)(C)O[Si](C)(C)O[Si](C)(CCCN(CCNC(=O)CCC(=O)[O-])C(=O)CCC(=O)[O-])O[Si](C)(C)C. The summed E-state index contributed by atoms with van der Waals surface area (Å²) in [6.07, 6.45) is -0.631. The number of carboxylic acid groups (broad SMARTS) is 2. The van der Waals surface area contributed by atoms with E-state index in [1.807, 2.05) is 19.6 Å². The summed E-state index contributed by atoms with van der Waals surface area (Å²) in [5.41, 5.74) is 0. The van der Waals surface area contributed by atoms with E-state index in [4.69, 9.17) is 12.3 Å². The number of nitrogens with one attached hydrogen (secondary N) is 1. The van der Waals surface area contributed by atoms with E-state index < -0.39 is 58.0 Å². The second-order valence-electron chi connectivity index (χ2n) is 11.6. The maximum absolute atomic E-state index is 12.7. The highest BCUT2D eigenvalue weighted by Crippen LogP contribution is 2.27. The molecule has 0 aliphatic heterocycles. The predicted octanol–water partition coefficient (Wildman–Crippen LogP) is 0.875. The molecule has 0 rings (SSSR count). The number of carboxylic acids is 2. The van der Waals surface area contributed by atoms with E-state index in [0.29, 0.717) is 19.0 Å². The molecule has 37 heavy (non-hydrogen) atoms. The van der Waals surface area contributed by atoms with E-state index in [0.717, 1.165) is 0 Å². The Balaban J connectivity index is 5.34. The van der Waals surface area contributed by atoms with Gasteiger partial charge in [0.1, 0.15) is 0 Å². The summed E-state index contributed by atoms with van der Waals surface area (Å²) in [7, 11) is -8.94. The number of rotatable bonds is 19. The number of aliphatic carboxylic acids is 2. The molecule has 0 fully saturated rings. The van der Waals surface area contributed by atoms with Crippen LogP contribution >= 0.6 is 0 Å². The van der Waals surface area contributed by atoms with Crippen molar-refractivity contribution in [3.05, 3.63) is 0 Å². The normalized spacial score (nSPS) is 14.1. The van der Waals surface area contributed by atoms with Gasteiger partial charge in [-0.3, -0.25) is 9.59 Å². The molecular formula is C22H46N2O9Si4-2. The fourth-order valence-electron chi connectivity index (χ4n) is 4.00. The Morgan fingerprint density at radius 1 is 0.703 bits per heavy atom. The number of hydrogen-bond donors (Lipinski definition) is 1. The van der Waals surface area contributed by atoms with Crippen LogP contribution in [0.5, 0.6) is 0 Å². The van der Waals surface area contributed by atoms with Gasteiger partial charge in [0.05, 0.1) is 0 Å². The number of carbonyl (C=O) groups is 4. The molecule has 0 aliphatic carbocycles. The number of nitrogens with zero attached hydrogens (tertiary/aromatic N) is 1. The van der Waals surface area contributed by atoms with Crippen molar-refractivity contribution >= 4 is 57.5 Å². The number of carbonyl (C=O) groups excluding carboxylic acids is 4. The van der Waals surface area contributed by atoms with Crippen molar-refractivity contribution in [1.29, 1.82) is 0 Å². The van der Waals surface area contributed by atoms with Crippen LogP contribution in [0, 0.1) is 0 Å². The first kappa shape index (κ1) is 35.6. The maximum Gasteiger partial charge on any atom is 0.315 e. The molecule has 1 atom stereocenters. The lowest BCUT2D eigenvalue weighted by Crippen LogP contribution is -2.57. The van der Waals surface area contributed by atoms with Gasteiger partial charge in [0.15, 0.2) is 16.6 Å². The standard InChI is InChI=1S/C22H48N2O9Si4/c1-34(2,3)31-36(7,8)33-37(9,32-35(4,5)6)18-10-16-24(20(26)12-14-22(29)30)17-15-23-19(25)11-13-21(27)28/h10-18H2,1-9H3,(H,23,25)(H,27,28)(H,29,30)/p-2. The first-order valence-electron chi connectivity index (χ1n) is 12.7. The first-order valence-corrected chi connectivity index (χ1v) is 24.8. The van der Waals surface area contributed by atoms with Crippen LogP contribution in [0.2, 0.25) is 65.0 Å². The van der Waals surface area contributed by atoms with Crippen LogP contribution in [0.4, 0.5) is 0 Å². The minimum Gasteiger partial charge on any atom is -0.550 e. The van der Waals surface area contributed by atoms with Gasteiger partial charge in [-0.1, -0.05) is 0 Å². The molecule has 0 aromatic carbocycles. The molecule has 1 unspecified atom stereocenters. The van der Waals surface area contributed by atoms with Crippen molar-refractivity contribution in [1.82, 2.24) is 10.2 Å². The lowest BCUT2D eigenvalue weighted by molar-refractivity contribution is -0.307. The Hall–Kier alpha value is -1.37. The minimum absolute atomic E-state index is 0.115. The predicted molar refractivity (Wildman–Crippen MR) is 147 cm³/mol. The molecule has 0 aliphatic rings. The zero-order valence-corrected chi connectivity index (χ0v) is 28.0. The molecule has 0 radical (unpaired) electrons. The average Bonchev–Trinajstić information content (AvgIpc) is 2.65. The molecule has 0 aromatic rings. The summed E-state index contributed by atoms with van der Waals surface area (Å²) in [6, 6.07) is 0.616. The van der Waals surface area contributed by atoms with Gasteiger partial charge in [0.2, 0.25) is 11.8 Å². The molecule has 11 nitrogen and oxygen atoms in total.